The van der Waals surface area contributed by atoms with Crippen molar-refractivity contribution in [1.29, 1.82) is 0 Å². The SMILES string of the molecule is CC1CC1C(=O)N1CCCC(CCl)C1. The van der Waals surface area contributed by atoms with Gasteiger partial charge in [-0.05, 0) is 31.1 Å². The third kappa shape index (κ3) is 2.05. The number of alkyl halides is 1. The fraction of sp³-hybridized carbons (Fsp3) is 0.909. The molecule has 3 atom stereocenters. The predicted molar refractivity (Wildman–Crippen MR) is 57.3 cm³/mol. The van der Waals surface area contributed by atoms with Gasteiger partial charge in [-0.15, -0.1) is 11.6 Å². The zero-order valence-electron chi connectivity index (χ0n) is 8.71. The van der Waals surface area contributed by atoms with Gasteiger partial charge in [-0.1, -0.05) is 6.92 Å². The second-order valence-electron chi connectivity index (χ2n) is 4.77. The van der Waals surface area contributed by atoms with E-state index in [0.717, 1.165) is 25.9 Å². The molecule has 1 saturated heterocycles. The number of amides is 1. The van der Waals surface area contributed by atoms with Gasteiger partial charge in [0.15, 0.2) is 0 Å². The van der Waals surface area contributed by atoms with Crippen LogP contribution in [0.25, 0.3) is 0 Å². The Balaban J connectivity index is 1.87. The van der Waals surface area contributed by atoms with Gasteiger partial charge in [0, 0.05) is 24.9 Å². The van der Waals surface area contributed by atoms with Crippen LogP contribution in [0.15, 0.2) is 0 Å². The molecule has 1 heterocycles. The summed E-state index contributed by atoms with van der Waals surface area (Å²) in [5.41, 5.74) is 0. The average molecular weight is 216 g/mol. The van der Waals surface area contributed by atoms with Crippen LogP contribution in [-0.4, -0.2) is 29.8 Å². The minimum atomic E-state index is 0.337. The summed E-state index contributed by atoms with van der Waals surface area (Å²) in [6.45, 7) is 4.01. The Labute approximate surface area is 90.6 Å². The lowest BCUT2D eigenvalue weighted by molar-refractivity contribution is -0.134. The van der Waals surface area contributed by atoms with Gasteiger partial charge in [-0.3, -0.25) is 4.79 Å². The Morgan fingerprint density at radius 1 is 1.57 bits per heavy atom. The fourth-order valence-corrected chi connectivity index (χ4v) is 2.54. The molecule has 1 saturated carbocycles. The zero-order valence-corrected chi connectivity index (χ0v) is 9.46. The Bertz CT molecular complexity index is 231. The Hall–Kier alpha value is -0.240. The molecule has 2 rings (SSSR count). The van der Waals surface area contributed by atoms with E-state index in [2.05, 4.69) is 6.92 Å². The van der Waals surface area contributed by atoms with E-state index in [0.29, 0.717) is 29.5 Å². The smallest absolute Gasteiger partial charge is 0.225 e. The van der Waals surface area contributed by atoms with Crippen LogP contribution in [0.4, 0.5) is 0 Å². The topological polar surface area (TPSA) is 20.3 Å². The van der Waals surface area contributed by atoms with E-state index in [-0.39, 0.29) is 0 Å². The third-order valence-corrected chi connectivity index (χ3v) is 3.91. The molecule has 0 bridgehead atoms. The zero-order chi connectivity index (χ0) is 10.1. The van der Waals surface area contributed by atoms with Crippen molar-refractivity contribution in [3.8, 4) is 0 Å². The summed E-state index contributed by atoms with van der Waals surface area (Å²) < 4.78 is 0. The molecule has 0 radical (unpaired) electrons. The van der Waals surface area contributed by atoms with Gasteiger partial charge in [-0.25, -0.2) is 0 Å². The lowest BCUT2D eigenvalue weighted by atomic mass is 9.99. The van der Waals surface area contributed by atoms with Gasteiger partial charge in [-0.2, -0.15) is 0 Å². The quantitative estimate of drug-likeness (QED) is 0.647. The fourth-order valence-electron chi connectivity index (χ4n) is 2.29. The highest BCUT2D eigenvalue weighted by Crippen LogP contribution is 2.39. The number of carbonyl (C=O) groups is 1. The van der Waals surface area contributed by atoms with Crippen molar-refractivity contribution in [2.45, 2.75) is 26.2 Å². The standard InChI is InChI=1S/C11H18ClNO/c1-8-5-10(8)11(14)13-4-2-3-9(6-12)7-13/h8-10H,2-7H2,1H3. The summed E-state index contributed by atoms with van der Waals surface area (Å²) in [7, 11) is 0. The molecular formula is C11H18ClNO. The molecule has 3 unspecified atom stereocenters. The van der Waals surface area contributed by atoms with Gasteiger partial charge in [0.1, 0.15) is 0 Å². The monoisotopic (exact) mass is 215 g/mol. The maximum Gasteiger partial charge on any atom is 0.225 e. The first-order valence-corrected chi connectivity index (χ1v) is 6.10. The van der Waals surface area contributed by atoms with Crippen molar-refractivity contribution < 1.29 is 4.79 Å². The maximum atomic E-state index is 11.9. The number of piperidine rings is 1. The largest absolute Gasteiger partial charge is 0.342 e. The molecule has 2 aliphatic rings. The van der Waals surface area contributed by atoms with Gasteiger partial charge in [0.2, 0.25) is 5.91 Å². The van der Waals surface area contributed by atoms with E-state index in [1.54, 1.807) is 0 Å². The molecule has 3 heteroatoms. The summed E-state index contributed by atoms with van der Waals surface area (Å²) in [6.07, 6.45) is 3.42. The van der Waals surface area contributed by atoms with Crippen molar-refractivity contribution in [2.75, 3.05) is 19.0 Å². The molecule has 1 aliphatic carbocycles. The van der Waals surface area contributed by atoms with Crippen molar-refractivity contribution in [2.24, 2.45) is 17.8 Å². The van der Waals surface area contributed by atoms with Crippen LogP contribution < -0.4 is 0 Å². The highest BCUT2D eigenvalue weighted by molar-refractivity contribution is 6.18. The molecule has 1 aliphatic heterocycles. The maximum absolute atomic E-state index is 11.9. The van der Waals surface area contributed by atoms with Crippen molar-refractivity contribution in [3.05, 3.63) is 0 Å². The molecule has 1 amide bonds. The van der Waals surface area contributed by atoms with Gasteiger partial charge >= 0.3 is 0 Å². The number of carbonyl (C=O) groups excluding carboxylic acids is 1. The van der Waals surface area contributed by atoms with E-state index >= 15 is 0 Å². The van der Waals surface area contributed by atoms with E-state index in [1.807, 2.05) is 4.90 Å². The van der Waals surface area contributed by atoms with E-state index in [9.17, 15) is 4.79 Å². The van der Waals surface area contributed by atoms with Crippen LogP contribution in [0, 0.1) is 17.8 Å². The van der Waals surface area contributed by atoms with Crippen LogP contribution in [0.2, 0.25) is 0 Å². The van der Waals surface area contributed by atoms with E-state index in [4.69, 9.17) is 11.6 Å². The predicted octanol–water partition coefficient (Wildman–Crippen LogP) is 2.12. The number of halogens is 1. The molecule has 14 heavy (non-hydrogen) atoms. The molecule has 0 aromatic rings. The lowest BCUT2D eigenvalue weighted by Crippen LogP contribution is -2.41. The minimum Gasteiger partial charge on any atom is -0.342 e. The molecule has 2 nitrogen and oxygen atoms in total. The van der Waals surface area contributed by atoms with Gasteiger partial charge in [0.05, 0.1) is 0 Å². The summed E-state index contributed by atoms with van der Waals surface area (Å²) in [5, 5.41) is 0. The highest BCUT2D eigenvalue weighted by Gasteiger charge is 2.42. The lowest BCUT2D eigenvalue weighted by Gasteiger charge is -2.32. The number of hydrogen-bond acceptors (Lipinski definition) is 1. The average Bonchev–Trinajstić information content (AvgIpc) is 2.94. The van der Waals surface area contributed by atoms with Crippen LogP contribution in [0.5, 0.6) is 0 Å². The molecule has 0 N–H and O–H groups in total. The second-order valence-corrected chi connectivity index (χ2v) is 5.07. The van der Waals surface area contributed by atoms with Crippen molar-refractivity contribution in [1.82, 2.24) is 4.90 Å². The molecule has 0 aromatic heterocycles. The number of nitrogens with zero attached hydrogens (tertiary/aromatic N) is 1. The first-order chi connectivity index (χ1) is 6.72. The van der Waals surface area contributed by atoms with Crippen LogP contribution in [0.3, 0.4) is 0 Å². The Morgan fingerprint density at radius 2 is 2.29 bits per heavy atom. The molecule has 0 spiro atoms. The van der Waals surface area contributed by atoms with E-state index < -0.39 is 0 Å². The Kier molecular flexibility index (Phi) is 3.01. The van der Waals surface area contributed by atoms with Crippen molar-refractivity contribution >= 4 is 17.5 Å². The highest BCUT2D eigenvalue weighted by atomic mass is 35.5. The number of hydrogen-bond donors (Lipinski definition) is 0. The third-order valence-electron chi connectivity index (χ3n) is 3.48. The van der Waals surface area contributed by atoms with Gasteiger partial charge < -0.3 is 4.90 Å². The molecular weight excluding hydrogens is 198 g/mol. The normalized spacial score (nSPS) is 37.0. The molecule has 2 fully saturated rings. The number of rotatable bonds is 2. The summed E-state index contributed by atoms with van der Waals surface area (Å²) in [4.78, 5) is 13.9. The summed E-state index contributed by atoms with van der Waals surface area (Å²) in [5.74, 6) is 2.57. The summed E-state index contributed by atoms with van der Waals surface area (Å²) >= 11 is 5.84. The first kappa shape index (κ1) is 10.3. The van der Waals surface area contributed by atoms with Crippen molar-refractivity contribution in [3.63, 3.8) is 0 Å². The second kappa shape index (κ2) is 4.09. The van der Waals surface area contributed by atoms with Crippen LogP contribution in [-0.2, 0) is 4.79 Å². The molecule has 80 valence electrons. The van der Waals surface area contributed by atoms with Crippen LogP contribution >= 0.6 is 11.6 Å². The van der Waals surface area contributed by atoms with Gasteiger partial charge in [0.25, 0.3) is 0 Å². The molecule has 0 aromatic carbocycles. The van der Waals surface area contributed by atoms with Crippen LogP contribution in [0.1, 0.15) is 26.2 Å². The number of likely N-dealkylation sites (tertiary alicyclic amines) is 1. The Morgan fingerprint density at radius 3 is 2.86 bits per heavy atom. The van der Waals surface area contributed by atoms with E-state index in [1.165, 1.54) is 6.42 Å². The first-order valence-electron chi connectivity index (χ1n) is 5.57. The summed E-state index contributed by atoms with van der Waals surface area (Å²) in [6, 6.07) is 0. The minimum absolute atomic E-state index is 0.337.